The summed E-state index contributed by atoms with van der Waals surface area (Å²) in [4.78, 5) is 17.8. The first-order valence-electron chi connectivity index (χ1n) is 11.7. The molecule has 0 bridgehead atoms. The molecule has 2 N–H and O–H groups in total. The van der Waals surface area contributed by atoms with Gasteiger partial charge in [-0.05, 0) is 82.2 Å². The Kier molecular flexibility index (Phi) is 9.33. The zero-order valence-corrected chi connectivity index (χ0v) is 20.5. The van der Waals surface area contributed by atoms with Crippen molar-refractivity contribution < 1.29 is 13.2 Å². The molecule has 176 valence electrons. The number of hydrogen-bond donors (Lipinski definition) is 2. The minimum atomic E-state index is -3.67. The number of piperidine rings is 2. The van der Waals surface area contributed by atoms with Crippen LogP contribution in [0.2, 0.25) is 0 Å². The molecule has 2 aliphatic heterocycles. The van der Waals surface area contributed by atoms with Crippen LogP contribution < -0.4 is 10.0 Å². The molecule has 2 fully saturated rings. The van der Waals surface area contributed by atoms with Crippen LogP contribution in [0.15, 0.2) is 21.7 Å². The van der Waals surface area contributed by atoms with Gasteiger partial charge in [-0.15, -0.1) is 11.3 Å². The summed E-state index contributed by atoms with van der Waals surface area (Å²) in [6.07, 6.45) is 7.44. The van der Waals surface area contributed by atoms with E-state index in [1.807, 2.05) is 13.8 Å². The molecule has 0 aliphatic carbocycles. The van der Waals surface area contributed by atoms with E-state index in [9.17, 15) is 13.2 Å². The lowest BCUT2D eigenvalue weighted by Gasteiger charge is -2.40. The topological polar surface area (TPSA) is 81.7 Å². The van der Waals surface area contributed by atoms with Crippen molar-refractivity contribution in [1.29, 1.82) is 0 Å². The van der Waals surface area contributed by atoms with Gasteiger partial charge in [0.2, 0.25) is 5.91 Å². The van der Waals surface area contributed by atoms with Gasteiger partial charge in [-0.2, -0.15) is 4.72 Å². The third-order valence-corrected chi connectivity index (χ3v) is 9.24. The van der Waals surface area contributed by atoms with Crippen LogP contribution in [-0.4, -0.2) is 75.5 Å². The van der Waals surface area contributed by atoms with Crippen LogP contribution in [0.1, 0.15) is 52.4 Å². The molecule has 0 radical (unpaired) electrons. The predicted molar refractivity (Wildman–Crippen MR) is 126 cm³/mol. The normalized spacial score (nSPS) is 20.7. The summed E-state index contributed by atoms with van der Waals surface area (Å²) < 4.78 is 27.8. The first kappa shape index (κ1) is 24.6. The Bertz CT molecular complexity index is 769. The molecule has 3 heterocycles. The highest BCUT2D eigenvalue weighted by Gasteiger charge is 2.29. The number of sulfonamides is 1. The molecule has 0 saturated carbocycles. The summed E-state index contributed by atoms with van der Waals surface area (Å²) in [5.74, 6) is -0.387. The van der Waals surface area contributed by atoms with Crippen LogP contribution in [0.3, 0.4) is 0 Å². The van der Waals surface area contributed by atoms with E-state index in [0.29, 0.717) is 6.54 Å². The Hall–Kier alpha value is -1.00. The molecule has 2 saturated heterocycles. The van der Waals surface area contributed by atoms with Crippen molar-refractivity contribution in [3.05, 3.63) is 17.5 Å². The molecular formula is C22H38N4O3S2. The number of thiophene rings is 1. The highest BCUT2D eigenvalue weighted by atomic mass is 32.2. The average Bonchev–Trinajstić information content (AvgIpc) is 3.32. The second-order valence-corrected chi connectivity index (χ2v) is 12.0. The third kappa shape index (κ3) is 7.25. The molecule has 0 aromatic carbocycles. The number of nitrogens with zero attached hydrogens (tertiary/aromatic N) is 2. The molecule has 3 rings (SSSR count). The quantitative estimate of drug-likeness (QED) is 0.514. The van der Waals surface area contributed by atoms with Gasteiger partial charge in [0.25, 0.3) is 10.0 Å². The molecule has 0 spiro atoms. The number of hydrogen-bond acceptors (Lipinski definition) is 6. The van der Waals surface area contributed by atoms with Crippen molar-refractivity contribution >= 4 is 27.3 Å². The van der Waals surface area contributed by atoms with E-state index in [-0.39, 0.29) is 16.0 Å². The lowest BCUT2D eigenvalue weighted by Crippen LogP contribution is -2.50. The van der Waals surface area contributed by atoms with Crippen LogP contribution in [-0.2, 0) is 14.8 Å². The second kappa shape index (κ2) is 11.7. The fourth-order valence-corrected chi connectivity index (χ4v) is 6.90. The van der Waals surface area contributed by atoms with Crippen molar-refractivity contribution in [3.8, 4) is 0 Å². The Labute approximate surface area is 191 Å². The number of rotatable bonds is 10. The van der Waals surface area contributed by atoms with Crippen molar-refractivity contribution in [1.82, 2.24) is 19.8 Å². The van der Waals surface area contributed by atoms with Gasteiger partial charge in [0.1, 0.15) is 10.3 Å². The van der Waals surface area contributed by atoms with Gasteiger partial charge in [-0.3, -0.25) is 4.79 Å². The first-order valence-corrected chi connectivity index (χ1v) is 14.0. The lowest BCUT2D eigenvalue weighted by molar-refractivity contribution is -0.123. The maximum absolute atomic E-state index is 12.6. The van der Waals surface area contributed by atoms with Gasteiger partial charge >= 0.3 is 0 Å². The van der Waals surface area contributed by atoms with Crippen LogP contribution in [0.25, 0.3) is 0 Å². The number of nitrogens with one attached hydrogen (secondary N) is 2. The summed E-state index contributed by atoms with van der Waals surface area (Å²) in [5, 5.41) is 4.65. The first-order chi connectivity index (χ1) is 14.9. The van der Waals surface area contributed by atoms with E-state index >= 15 is 0 Å². The molecule has 2 aliphatic rings. The monoisotopic (exact) mass is 470 g/mol. The molecule has 9 heteroatoms. The SMILES string of the molecule is CC(C)[C@@H](NS(=O)(=O)c1cccs1)C(=O)NCCCN1CCC(N2CCCCC2)CC1. The maximum Gasteiger partial charge on any atom is 0.250 e. The molecule has 1 aromatic heterocycles. The van der Waals surface area contributed by atoms with E-state index in [1.54, 1.807) is 17.5 Å². The van der Waals surface area contributed by atoms with Crippen molar-refractivity contribution in [2.75, 3.05) is 39.3 Å². The standard InChI is InChI=1S/C22H38N4O3S2/c1-18(2)21(24-31(28,29)20-8-6-17-30-20)22(27)23-11-7-12-25-15-9-19(10-16-25)26-13-4-3-5-14-26/h6,8,17-19,21,24H,3-5,7,9-16H2,1-2H3,(H,23,27)/t21-/m1/s1. The highest BCUT2D eigenvalue weighted by molar-refractivity contribution is 7.91. The number of likely N-dealkylation sites (tertiary alicyclic amines) is 2. The minimum absolute atomic E-state index is 0.136. The second-order valence-electron chi connectivity index (χ2n) is 9.09. The van der Waals surface area contributed by atoms with Crippen molar-refractivity contribution in [2.45, 2.75) is 68.7 Å². The van der Waals surface area contributed by atoms with Gasteiger partial charge in [0.05, 0.1) is 0 Å². The van der Waals surface area contributed by atoms with Crippen molar-refractivity contribution in [2.24, 2.45) is 5.92 Å². The van der Waals surface area contributed by atoms with Gasteiger partial charge in [0.15, 0.2) is 0 Å². The molecule has 31 heavy (non-hydrogen) atoms. The van der Waals surface area contributed by atoms with Crippen LogP contribution >= 0.6 is 11.3 Å². The number of carbonyl (C=O) groups is 1. The predicted octanol–water partition coefficient (Wildman–Crippen LogP) is 2.51. The number of amides is 1. The Morgan fingerprint density at radius 1 is 1.16 bits per heavy atom. The zero-order chi connectivity index (χ0) is 22.3. The Balaban J connectivity index is 1.37. The van der Waals surface area contributed by atoms with Gasteiger partial charge in [-0.1, -0.05) is 26.3 Å². The fraction of sp³-hybridized carbons (Fsp3) is 0.773. The Morgan fingerprint density at radius 2 is 1.87 bits per heavy atom. The molecule has 1 aromatic rings. The summed E-state index contributed by atoms with van der Waals surface area (Å²) in [7, 11) is -3.67. The molecule has 0 unspecified atom stereocenters. The largest absolute Gasteiger partial charge is 0.355 e. The van der Waals surface area contributed by atoms with E-state index in [0.717, 1.165) is 43.4 Å². The molecule has 1 atom stereocenters. The highest BCUT2D eigenvalue weighted by Crippen LogP contribution is 2.21. The third-order valence-electron chi connectivity index (χ3n) is 6.41. The molecule has 1 amide bonds. The van der Waals surface area contributed by atoms with Crippen LogP contribution in [0, 0.1) is 5.92 Å². The molecular weight excluding hydrogens is 432 g/mol. The van der Waals surface area contributed by atoms with E-state index < -0.39 is 16.1 Å². The van der Waals surface area contributed by atoms with E-state index in [1.165, 1.54) is 45.2 Å². The van der Waals surface area contributed by atoms with Crippen LogP contribution in [0.4, 0.5) is 0 Å². The van der Waals surface area contributed by atoms with Gasteiger partial charge in [-0.25, -0.2) is 8.42 Å². The molecule has 7 nitrogen and oxygen atoms in total. The average molecular weight is 471 g/mol. The summed E-state index contributed by atoms with van der Waals surface area (Å²) in [5.41, 5.74) is 0. The minimum Gasteiger partial charge on any atom is -0.355 e. The summed E-state index contributed by atoms with van der Waals surface area (Å²) >= 11 is 1.15. The maximum atomic E-state index is 12.6. The fourth-order valence-electron chi connectivity index (χ4n) is 4.55. The van der Waals surface area contributed by atoms with E-state index in [4.69, 9.17) is 0 Å². The van der Waals surface area contributed by atoms with Gasteiger partial charge in [0, 0.05) is 12.6 Å². The van der Waals surface area contributed by atoms with Crippen molar-refractivity contribution in [3.63, 3.8) is 0 Å². The smallest absolute Gasteiger partial charge is 0.250 e. The lowest BCUT2D eigenvalue weighted by atomic mass is 10.00. The summed E-state index contributed by atoms with van der Waals surface area (Å²) in [6, 6.07) is 3.22. The van der Waals surface area contributed by atoms with Crippen LogP contribution in [0.5, 0.6) is 0 Å². The summed E-state index contributed by atoms with van der Waals surface area (Å²) in [6.45, 7) is 10.0. The van der Waals surface area contributed by atoms with Gasteiger partial charge < -0.3 is 15.1 Å². The Morgan fingerprint density at radius 3 is 2.48 bits per heavy atom. The zero-order valence-electron chi connectivity index (χ0n) is 18.9. The number of carbonyl (C=O) groups excluding carboxylic acids is 1. The van der Waals surface area contributed by atoms with E-state index in [2.05, 4.69) is 19.8 Å².